The summed E-state index contributed by atoms with van der Waals surface area (Å²) in [5.74, 6) is -0.947. The SMILES string of the molecule is CC(C)C(F)(F)Oc1ccc(-c2nccs2)c2oc(N3CC4CC(C3)N4)nc12. The summed E-state index contributed by atoms with van der Waals surface area (Å²) >= 11 is 1.46. The van der Waals surface area contributed by atoms with Crippen LogP contribution in [0.4, 0.5) is 14.8 Å². The number of rotatable bonds is 5. The molecule has 9 heteroatoms. The van der Waals surface area contributed by atoms with Gasteiger partial charge in [-0.2, -0.15) is 13.8 Å². The number of hydrogen-bond acceptors (Lipinski definition) is 7. The number of thiazole rings is 1. The van der Waals surface area contributed by atoms with Crippen molar-refractivity contribution in [2.75, 3.05) is 18.0 Å². The third kappa shape index (κ3) is 2.93. The van der Waals surface area contributed by atoms with Crippen LogP contribution in [0.3, 0.4) is 0 Å². The van der Waals surface area contributed by atoms with Crippen molar-refractivity contribution < 1.29 is 17.9 Å². The lowest BCUT2D eigenvalue weighted by atomic mass is 9.92. The zero-order chi connectivity index (χ0) is 19.5. The van der Waals surface area contributed by atoms with Gasteiger partial charge in [0.05, 0.1) is 11.5 Å². The second-order valence-corrected chi connectivity index (χ2v) is 8.54. The van der Waals surface area contributed by atoms with Crippen LogP contribution in [0.5, 0.6) is 5.75 Å². The van der Waals surface area contributed by atoms with E-state index in [9.17, 15) is 8.78 Å². The van der Waals surface area contributed by atoms with Gasteiger partial charge in [0.1, 0.15) is 5.01 Å². The fourth-order valence-corrected chi connectivity index (χ4v) is 4.31. The summed E-state index contributed by atoms with van der Waals surface area (Å²) in [7, 11) is 0. The maximum absolute atomic E-state index is 14.2. The molecule has 0 radical (unpaired) electrons. The molecule has 3 fully saturated rings. The Kier molecular flexibility index (Phi) is 4.06. The first kappa shape index (κ1) is 17.8. The first-order valence-electron chi connectivity index (χ1n) is 9.32. The highest BCUT2D eigenvalue weighted by molar-refractivity contribution is 7.13. The summed E-state index contributed by atoms with van der Waals surface area (Å²) in [6.07, 6.45) is -0.453. The van der Waals surface area contributed by atoms with Gasteiger partial charge in [0.15, 0.2) is 16.8 Å². The summed E-state index contributed by atoms with van der Waals surface area (Å²) in [6, 6.07) is 4.52. The lowest BCUT2D eigenvalue weighted by Crippen LogP contribution is -2.67. The van der Waals surface area contributed by atoms with Crippen LogP contribution in [0.1, 0.15) is 20.3 Å². The molecule has 3 saturated heterocycles. The molecule has 28 heavy (non-hydrogen) atoms. The van der Waals surface area contributed by atoms with Crippen LogP contribution >= 0.6 is 11.3 Å². The van der Waals surface area contributed by atoms with Crippen LogP contribution in [0, 0.1) is 5.92 Å². The molecule has 5 heterocycles. The topological polar surface area (TPSA) is 63.4 Å². The van der Waals surface area contributed by atoms with Crippen LogP contribution in [0.2, 0.25) is 0 Å². The fraction of sp³-hybridized carbons (Fsp3) is 0.474. The van der Waals surface area contributed by atoms with Crippen molar-refractivity contribution in [1.82, 2.24) is 15.3 Å². The molecule has 0 amide bonds. The number of aromatic nitrogens is 2. The Bertz CT molecular complexity index is 989. The highest BCUT2D eigenvalue weighted by Crippen LogP contribution is 2.40. The van der Waals surface area contributed by atoms with Gasteiger partial charge in [0.25, 0.3) is 6.01 Å². The maximum Gasteiger partial charge on any atom is 0.400 e. The minimum Gasteiger partial charge on any atom is -0.430 e. The average Bonchev–Trinajstić information content (AvgIpc) is 3.31. The molecule has 6 rings (SSSR count). The van der Waals surface area contributed by atoms with Crippen LogP contribution in [0.25, 0.3) is 21.7 Å². The molecular weight excluding hydrogens is 386 g/mol. The van der Waals surface area contributed by atoms with E-state index >= 15 is 0 Å². The van der Waals surface area contributed by atoms with Gasteiger partial charge in [-0.25, -0.2) is 4.98 Å². The van der Waals surface area contributed by atoms with Gasteiger partial charge in [-0.1, -0.05) is 13.8 Å². The molecule has 0 saturated carbocycles. The van der Waals surface area contributed by atoms with Crippen molar-refractivity contribution in [3.05, 3.63) is 23.7 Å². The van der Waals surface area contributed by atoms with E-state index in [0.717, 1.165) is 30.1 Å². The fourth-order valence-electron chi connectivity index (χ4n) is 3.65. The lowest BCUT2D eigenvalue weighted by molar-refractivity contribution is -0.206. The zero-order valence-corrected chi connectivity index (χ0v) is 16.3. The summed E-state index contributed by atoms with van der Waals surface area (Å²) in [6.45, 7) is 4.41. The monoisotopic (exact) mass is 406 g/mol. The molecule has 6 nitrogen and oxygen atoms in total. The standard InChI is InChI=1S/C19H20F2N4O2S/c1-10(2)19(20,21)27-14-4-3-13(17-22-5-6-28-17)16-15(14)24-18(26-16)25-8-11-7-12(9-25)23-11/h3-6,10-12,23H,7-9H2,1-2H3. The zero-order valence-electron chi connectivity index (χ0n) is 15.5. The average molecular weight is 406 g/mol. The number of nitrogens with zero attached hydrogens (tertiary/aromatic N) is 3. The number of ether oxygens (including phenoxy) is 1. The number of benzene rings is 1. The second kappa shape index (κ2) is 6.38. The van der Waals surface area contributed by atoms with Gasteiger partial charge in [0.2, 0.25) is 0 Å². The highest BCUT2D eigenvalue weighted by Gasteiger charge is 2.39. The molecule has 1 aromatic carbocycles. The number of anilines is 1. The molecule has 2 bridgehead atoms. The third-order valence-electron chi connectivity index (χ3n) is 5.27. The molecule has 148 valence electrons. The van der Waals surface area contributed by atoms with Crippen molar-refractivity contribution in [2.24, 2.45) is 5.92 Å². The van der Waals surface area contributed by atoms with E-state index in [0.29, 0.717) is 29.2 Å². The smallest absolute Gasteiger partial charge is 0.400 e. The second-order valence-electron chi connectivity index (χ2n) is 7.64. The number of oxazole rings is 1. The first-order valence-corrected chi connectivity index (χ1v) is 10.2. The van der Waals surface area contributed by atoms with Crippen LogP contribution in [-0.2, 0) is 0 Å². The predicted octanol–water partition coefficient (Wildman–Crippen LogP) is 4.13. The number of fused-ring (bicyclic) bond motifs is 3. The van der Waals surface area contributed by atoms with E-state index in [1.165, 1.54) is 31.3 Å². The molecule has 2 unspecified atom stereocenters. The number of halogens is 2. The van der Waals surface area contributed by atoms with Gasteiger partial charge in [-0.15, -0.1) is 11.3 Å². The predicted molar refractivity (Wildman–Crippen MR) is 103 cm³/mol. The van der Waals surface area contributed by atoms with Crippen LogP contribution in [0.15, 0.2) is 28.1 Å². The molecular formula is C19H20F2N4O2S. The van der Waals surface area contributed by atoms with Crippen molar-refractivity contribution in [1.29, 1.82) is 0 Å². The highest BCUT2D eigenvalue weighted by atomic mass is 32.1. The Labute approximate surface area is 164 Å². The van der Waals surface area contributed by atoms with Gasteiger partial charge in [-0.3, -0.25) is 0 Å². The van der Waals surface area contributed by atoms with Crippen LogP contribution in [-0.4, -0.2) is 41.2 Å². The van der Waals surface area contributed by atoms with E-state index in [1.807, 2.05) is 5.38 Å². The van der Waals surface area contributed by atoms with Crippen LogP contribution < -0.4 is 15.0 Å². The summed E-state index contributed by atoms with van der Waals surface area (Å²) in [5, 5.41) is 6.07. The molecule has 3 aliphatic rings. The maximum atomic E-state index is 14.2. The van der Waals surface area contributed by atoms with Gasteiger partial charge >= 0.3 is 6.11 Å². The Morgan fingerprint density at radius 1 is 1.32 bits per heavy atom. The van der Waals surface area contributed by atoms with Gasteiger partial charge in [0, 0.05) is 36.8 Å². The Morgan fingerprint density at radius 2 is 2.07 bits per heavy atom. The largest absolute Gasteiger partial charge is 0.430 e. The van der Waals surface area contributed by atoms with E-state index in [1.54, 1.807) is 12.3 Å². The molecule has 3 aromatic rings. The Hall–Kier alpha value is -2.26. The van der Waals surface area contributed by atoms with E-state index in [4.69, 9.17) is 9.15 Å². The molecule has 0 spiro atoms. The van der Waals surface area contributed by atoms with Gasteiger partial charge in [-0.05, 0) is 18.6 Å². The van der Waals surface area contributed by atoms with Crippen molar-refractivity contribution >= 4 is 28.5 Å². The third-order valence-corrected chi connectivity index (χ3v) is 6.08. The van der Waals surface area contributed by atoms with Crippen molar-refractivity contribution in [2.45, 2.75) is 38.5 Å². The lowest BCUT2D eigenvalue weighted by Gasteiger charge is -2.47. The Balaban J connectivity index is 1.60. The summed E-state index contributed by atoms with van der Waals surface area (Å²) in [5.41, 5.74) is 1.45. The summed E-state index contributed by atoms with van der Waals surface area (Å²) in [4.78, 5) is 10.9. The molecule has 2 atom stereocenters. The molecule has 0 aliphatic carbocycles. The summed E-state index contributed by atoms with van der Waals surface area (Å²) < 4.78 is 39.6. The molecule has 2 aromatic heterocycles. The quantitative estimate of drug-likeness (QED) is 0.687. The van der Waals surface area contributed by atoms with Gasteiger partial charge < -0.3 is 19.4 Å². The number of piperazine rings is 1. The van der Waals surface area contributed by atoms with Crippen molar-refractivity contribution in [3.8, 4) is 16.3 Å². The first-order chi connectivity index (χ1) is 13.4. The minimum atomic E-state index is -3.30. The number of alkyl halides is 2. The van der Waals surface area contributed by atoms with E-state index in [2.05, 4.69) is 20.2 Å². The number of hydrogen-bond donors (Lipinski definition) is 1. The number of piperidine rings is 1. The van der Waals surface area contributed by atoms with E-state index in [-0.39, 0.29) is 5.75 Å². The number of nitrogens with one attached hydrogen (secondary N) is 1. The molecule has 1 N–H and O–H groups in total. The molecule has 3 aliphatic heterocycles. The van der Waals surface area contributed by atoms with E-state index < -0.39 is 12.0 Å². The normalized spacial score (nSPS) is 22.0. The van der Waals surface area contributed by atoms with Crippen molar-refractivity contribution in [3.63, 3.8) is 0 Å². The Morgan fingerprint density at radius 3 is 2.71 bits per heavy atom. The minimum absolute atomic E-state index is 0.0179.